The van der Waals surface area contributed by atoms with Crippen LogP contribution in [0.4, 0.5) is 0 Å². The second-order valence-corrected chi connectivity index (χ2v) is 1.47. The minimum Gasteiger partial charge on any atom is -0.399 e. The molecule has 0 aliphatic carbocycles. The molecule has 0 rings (SSSR count). The molecule has 8 heavy (non-hydrogen) atoms. The van der Waals surface area contributed by atoms with Gasteiger partial charge < -0.3 is 5.73 Å². The lowest BCUT2D eigenvalue weighted by Gasteiger charge is -1.94. The van der Waals surface area contributed by atoms with Gasteiger partial charge in [-0.25, -0.2) is 0 Å². The Hall–Kier alpha value is -0.980. The van der Waals surface area contributed by atoms with E-state index in [1.165, 1.54) is 0 Å². The highest BCUT2D eigenvalue weighted by Gasteiger charge is 1.85. The average Bonchev–Trinajstić information content (AvgIpc) is 1.69. The summed E-state index contributed by atoms with van der Waals surface area (Å²) in [6.07, 6.45) is 3.55. The third kappa shape index (κ3) is 1.65. The fraction of sp³-hybridized carbons (Fsp3) is 0.143. The third-order valence-corrected chi connectivity index (χ3v) is 0.902. The molecule has 1 nitrogen and oxygen atoms in total. The quantitative estimate of drug-likeness (QED) is 0.535. The summed E-state index contributed by atoms with van der Waals surface area (Å²) in [6, 6.07) is 0. The molecule has 0 radical (unpaired) electrons. The Morgan fingerprint density at radius 3 is 2.12 bits per heavy atom. The van der Waals surface area contributed by atoms with Crippen LogP contribution >= 0.6 is 0 Å². The van der Waals surface area contributed by atoms with Crippen LogP contribution in [0, 0.1) is 0 Å². The number of hydrogen-bond donors (Lipinski definition) is 1. The summed E-state index contributed by atoms with van der Waals surface area (Å²) >= 11 is 0. The maximum absolute atomic E-state index is 5.32. The van der Waals surface area contributed by atoms with Gasteiger partial charge >= 0.3 is 0 Å². The van der Waals surface area contributed by atoms with E-state index in [0.717, 1.165) is 5.57 Å². The van der Waals surface area contributed by atoms with E-state index in [4.69, 9.17) is 5.73 Å². The van der Waals surface area contributed by atoms with Gasteiger partial charge in [0, 0.05) is 5.70 Å². The van der Waals surface area contributed by atoms with Crippen molar-refractivity contribution in [3.05, 3.63) is 36.6 Å². The zero-order chi connectivity index (χ0) is 6.57. The minimum absolute atomic E-state index is 0.572. The van der Waals surface area contributed by atoms with Crippen molar-refractivity contribution in [3.8, 4) is 0 Å². The van der Waals surface area contributed by atoms with Crippen LogP contribution in [-0.2, 0) is 0 Å². The summed E-state index contributed by atoms with van der Waals surface area (Å²) in [7, 11) is 0. The topological polar surface area (TPSA) is 26.0 Å². The highest BCUT2D eigenvalue weighted by Crippen LogP contribution is 2.00. The Labute approximate surface area is 50.2 Å². The zero-order valence-electron chi connectivity index (χ0n) is 5.15. The monoisotopic (exact) mass is 109 g/mol. The molecule has 0 aromatic heterocycles. The summed E-state index contributed by atoms with van der Waals surface area (Å²) in [5, 5.41) is 0. The van der Waals surface area contributed by atoms with Gasteiger partial charge in [-0.2, -0.15) is 0 Å². The second-order valence-electron chi connectivity index (χ2n) is 1.47. The summed E-state index contributed by atoms with van der Waals surface area (Å²) < 4.78 is 0. The van der Waals surface area contributed by atoms with Crippen molar-refractivity contribution in [3.63, 3.8) is 0 Å². The molecule has 0 aromatic rings. The molecule has 0 atom stereocenters. The van der Waals surface area contributed by atoms with Crippen molar-refractivity contribution in [2.45, 2.75) is 6.92 Å². The van der Waals surface area contributed by atoms with Crippen LogP contribution in [0.3, 0.4) is 0 Å². The lowest BCUT2D eigenvalue weighted by Crippen LogP contribution is -1.95. The molecule has 0 saturated carbocycles. The Bertz CT molecular complexity index is 131. The van der Waals surface area contributed by atoms with E-state index in [1.807, 2.05) is 13.0 Å². The van der Waals surface area contributed by atoms with Crippen molar-refractivity contribution in [1.82, 2.24) is 0 Å². The molecule has 0 aromatic carbocycles. The van der Waals surface area contributed by atoms with Gasteiger partial charge in [0.1, 0.15) is 0 Å². The molecule has 2 N–H and O–H groups in total. The van der Waals surface area contributed by atoms with Crippen molar-refractivity contribution in [2.75, 3.05) is 0 Å². The Kier molecular flexibility index (Phi) is 2.70. The molecule has 0 aliphatic heterocycles. The molecule has 0 unspecified atom stereocenters. The first-order valence-corrected chi connectivity index (χ1v) is 2.46. The van der Waals surface area contributed by atoms with Crippen LogP contribution in [-0.4, -0.2) is 0 Å². The maximum atomic E-state index is 5.32. The van der Waals surface area contributed by atoms with Gasteiger partial charge in [-0.15, -0.1) is 0 Å². The lowest BCUT2D eigenvalue weighted by molar-refractivity contribution is 1.36. The average molecular weight is 109 g/mol. The maximum Gasteiger partial charge on any atom is 0.0311 e. The highest BCUT2D eigenvalue weighted by atomic mass is 14.6. The second kappa shape index (κ2) is 3.08. The third-order valence-electron chi connectivity index (χ3n) is 0.902. The lowest BCUT2D eigenvalue weighted by atomic mass is 10.2. The van der Waals surface area contributed by atoms with Crippen LogP contribution in [0.2, 0.25) is 0 Å². The van der Waals surface area contributed by atoms with Gasteiger partial charge in [0.15, 0.2) is 0 Å². The van der Waals surface area contributed by atoms with Gasteiger partial charge in [0.05, 0.1) is 0 Å². The standard InChI is InChI=1S/C7H11N/c1-4-7(5-2)6(3)8/h4-5H,1,3,8H2,2H3/b7-5+. The van der Waals surface area contributed by atoms with Crippen LogP contribution in [0.1, 0.15) is 6.92 Å². The smallest absolute Gasteiger partial charge is 0.0311 e. The number of rotatable bonds is 2. The van der Waals surface area contributed by atoms with Gasteiger partial charge in [-0.1, -0.05) is 25.3 Å². The molecular formula is C7H11N. The van der Waals surface area contributed by atoms with E-state index in [9.17, 15) is 0 Å². The van der Waals surface area contributed by atoms with E-state index in [0.29, 0.717) is 5.70 Å². The van der Waals surface area contributed by atoms with Crippen LogP contribution in [0.15, 0.2) is 36.6 Å². The largest absolute Gasteiger partial charge is 0.399 e. The van der Waals surface area contributed by atoms with Crippen molar-refractivity contribution < 1.29 is 0 Å². The summed E-state index contributed by atoms with van der Waals surface area (Å²) in [4.78, 5) is 0. The van der Waals surface area contributed by atoms with Gasteiger partial charge in [-0.05, 0) is 12.5 Å². The van der Waals surface area contributed by atoms with Crippen LogP contribution < -0.4 is 5.73 Å². The van der Waals surface area contributed by atoms with E-state index in [-0.39, 0.29) is 0 Å². The first-order valence-electron chi connectivity index (χ1n) is 2.46. The molecular weight excluding hydrogens is 98.1 g/mol. The van der Waals surface area contributed by atoms with Gasteiger partial charge in [0.25, 0.3) is 0 Å². The zero-order valence-corrected chi connectivity index (χ0v) is 5.15. The van der Waals surface area contributed by atoms with Gasteiger partial charge in [0.2, 0.25) is 0 Å². The normalized spacial score (nSPS) is 10.9. The van der Waals surface area contributed by atoms with E-state index in [2.05, 4.69) is 13.2 Å². The number of nitrogens with two attached hydrogens (primary N) is 1. The fourth-order valence-electron chi connectivity index (χ4n) is 0.434. The molecule has 0 spiro atoms. The SMILES string of the molecule is C=C/C(=C\C)C(=C)N. The molecule has 0 heterocycles. The van der Waals surface area contributed by atoms with E-state index in [1.54, 1.807) is 6.08 Å². The van der Waals surface area contributed by atoms with Crippen LogP contribution in [0.25, 0.3) is 0 Å². The molecule has 0 saturated heterocycles. The number of hydrogen-bond acceptors (Lipinski definition) is 1. The van der Waals surface area contributed by atoms with E-state index >= 15 is 0 Å². The van der Waals surface area contributed by atoms with Crippen molar-refractivity contribution >= 4 is 0 Å². The van der Waals surface area contributed by atoms with E-state index < -0.39 is 0 Å². The first kappa shape index (κ1) is 7.02. The van der Waals surface area contributed by atoms with Crippen molar-refractivity contribution in [1.29, 1.82) is 0 Å². The Morgan fingerprint density at radius 2 is 2.12 bits per heavy atom. The molecule has 0 bridgehead atoms. The molecule has 44 valence electrons. The predicted octanol–water partition coefficient (Wildman–Crippen LogP) is 1.59. The number of allylic oxidation sites excluding steroid dienone is 2. The highest BCUT2D eigenvalue weighted by molar-refractivity contribution is 5.33. The van der Waals surface area contributed by atoms with Crippen molar-refractivity contribution in [2.24, 2.45) is 5.73 Å². The summed E-state index contributed by atoms with van der Waals surface area (Å²) in [5.74, 6) is 0. The molecule has 1 heteroatoms. The van der Waals surface area contributed by atoms with Crippen LogP contribution in [0.5, 0.6) is 0 Å². The fourth-order valence-corrected chi connectivity index (χ4v) is 0.434. The first-order chi connectivity index (χ1) is 3.72. The molecule has 0 amide bonds. The Morgan fingerprint density at radius 1 is 1.62 bits per heavy atom. The summed E-state index contributed by atoms with van der Waals surface area (Å²) in [5.41, 5.74) is 6.80. The van der Waals surface area contributed by atoms with Gasteiger partial charge in [-0.3, -0.25) is 0 Å². The predicted molar refractivity (Wildman–Crippen MR) is 37.3 cm³/mol. The minimum atomic E-state index is 0.572. The molecule has 0 fully saturated rings. The Balaban J connectivity index is 4.13. The summed E-state index contributed by atoms with van der Waals surface area (Å²) in [6.45, 7) is 8.98. The molecule has 0 aliphatic rings.